The Morgan fingerprint density at radius 1 is 1.18 bits per heavy atom. The summed E-state index contributed by atoms with van der Waals surface area (Å²) in [5.41, 5.74) is 1.07. The molecular formula is C16H16BrFN4. The van der Waals surface area contributed by atoms with E-state index in [2.05, 4.69) is 35.7 Å². The number of rotatable bonds is 3. The van der Waals surface area contributed by atoms with Gasteiger partial charge in [0.25, 0.3) is 0 Å². The summed E-state index contributed by atoms with van der Waals surface area (Å²) in [4.78, 5) is 13.2. The van der Waals surface area contributed by atoms with Gasteiger partial charge in [-0.05, 0) is 46.6 Å². The van der Waals surface area contributed by atoms with Crippen molar-refractivity contribution in [3.05, 3.63) is 52.6 Å². The highest BCUT2D eigenvalue weighted by Gasteiger charge is 2.45. The lowest BCUT2D eigenvalue weighted by molar-refractivity contribution is 0.106. The Kier molecular flexibility index (Phi) is 3.58. The topological polar surface area (TPSA) is 32.3 Å². The van der Waals surface area contributed by atoms with Gasteiger partial charge < -0.3 is 4.90 Å². The first-order valence-electron chi connectivity index (χ1n) is 7.42. The van der Waals surface area contributed by atoms with Crippen LogP contribution >= 0.6 is 15.9 Å². The SMILES string of the molecule is Fc1cccnc1N1C2CC1CN(Cc1ccc(Br)cn1)C2. The molecule has 2 aromatic rings. The van der Waals surface area contributed by atoms with Crippen LogP contribution in [0.2, 0.25) is 0 Å². The zero-order chi connectivity index (χ0) is 15.1. The van der Waals surface area contributed by atoms with Gasteiger partial charge >= 0.3 is 0 Å². The van der Waals surface area contributed by atoms with E-state index in [4.69, 9.17) is 0 Å². The summed E-state index contributed by atoms with van der Waals surface area (Å²) in [6.07, 6.45) is 4.62. The van der Waals surface area contributed by atoms with E-state index in [9.17, 15) is 4.39 Å². The average molecular weight is 363 g/mol. The van der Waals surface area contributed by atoms with Crippen LogP contribution in [-0.2, 0) is 6.54 Å². The third kappa shape index (κ3) is 2.50. The van der Waals surface area contributed by atoms with Crippen molar-refractivity contribution >= 4 is 21.7 Å². The second kappa shape index (κ2) is 5.59. The third-order valence-corrected chi connectivity index (χ3v) is 4.90. The largest absolute Gasteiger partial charge is 0.345 e. The molecule has 0 radical (unpaired) electrons. The molecule has 3 aliphatic rings. The van der Waals surface area contributed by atoms with Gasteiger partial charge in [-0.2, -0.15) is 0 Å². The molecular weight excluding hydrogens is 347 g/mol. The molecule has 3 aliphatic heterocycles. The van der Waals surface area contributed by atoms with Gasteiger partial charge in [-0.3, -0.25) is 9.88 Å². The number of piperidine rings is 1. The van der Waals surface area contributed by atoms with Crippen molar-refractivity contribution in [1.29, 1.82) is 0 Å². The lowest BCUT2D eigenvalue weighted by Crippen LogP contribution is -2.69. The second-order valence-electron chi connectivity index (χ2n) is 5.92. The fourth-order valence-electron chi connectivity index (χ4n) is 3.47. The minimum absolute atomic E-state index is 0.222. The van der Waals surface area contributed by atoms with E-state index in [-0.39, 0.29) is 5.82 Å². The molecule has 4 nitrogen and oxygen atoms in total. The zero-order valence-corrected chi connectivity index (χ0v) is 13.6. The van der Waals surface area contributed by atoms with Crippen LogP contribution in [0.1, 0.15) is 12.1 Å². The number of hydrogen-bond donors (Lipinski definition) is 0. The maximum Gasteiger partial charge on any atom is 0.165 e. The predicted octanol–water partition coefficient (Wildman–Crippen LogP) is 2.84. The Labute approximate surface area is 137 Å². The van der Waals surface area contributed by atoms with Gasteiger partial charge in [0.05, 0.1) is 5.69 Å². The molecule has 0 aromatic carbocycles. The van der Waals surface area contributed by atoms with E-state index in [1.807, 2.05) is 18.3 Å². The highest BCUT2D eigenvalue weighted by atomic mass is 79.9. The number of nitrogens with zero attached hydrogens (tertiary/aromatic N) is 4. The molecule has 2 aromatic heterocycles. The van der Waals surface area contributed by atoms with Crippen LogP contribution in [0, 0.1) is 5.82 Å². The van der Waals surface area contributed by atoms with Gasteiger partial charge in [-0.1, -0.05) is 0 Å². The van der Waals surface area contributed by atoms with Crippen LogP contribution in [0.4, 0.5) is 10.2 Å². The van der Waals surface area contributed by atoms with E-state index >= 15 is 0 Å². The van der Waals surface area contributed by atoms with E-state index in [1.54, 1.807) is 12.3 Å². The number of fused-ring (bicyclic) bond motifs is 2. The number of piperazine rings is 1. The molecule has 114 valence electrons. The Morgan fingerprint density at radius 2 is 2.00 bits per heavy atom. The van der Waals surface area contributed by atoms with Gasteiger partial charge in [-0.15, -0.1) is 0 Å². The molecule has 6 heteroatoms. The van der Waals surface area contributed by atoms with Crippen molar-refractivity contribution in [3.8, 4) is 0 Å². The Bertz CT molecular complexity index is 666. The van der Waals surface area contributed by atoms with Crippen molar-refractivity contribution in [2.45, 2.75) is 25.0 Å². The molecule has 3 fully saturated rings. The number of hydrogen-bond acceptors (Lipinski definition) is 4. The molecule has 22 heavy (non-hydrogen) atoms. The molecule has 2 unspecified atom stereocenters. The monoisotopic (exact) mass is 362 g/mol. The maximum atomic E-state index is 13.9. The van der Waals surface area contributed by atoms with Crippen LogP contribution in [0.5, 0.6) is 0 Å². The van der Waals surface area contributed by atoms with Crippen LogP contribution in [0.15, 0.2) is 41.1 Å². The lowest BCUT2D eigenvalue weighted by atomic mass is 9.87. The van der Waals surface area contributed by atoms with E-state index < -0.39 is 0 Å². The molecule has 0 N–H and O–H groups in total. The molecule has 2 atom stereocenters. The van der Waals surface area contributed by atoms with E-state index in [0.29, 0.717) is 17.9 Å². The molecule has 5 rings (SSSR count). The Hall–Kier alpha value is -1.53. The number of aromatic nitrogens is 2. The third-order valence-electron chi connectivity index (χ3n) is 4.43. The summed E-state index contributed by atoms with van der Waals surface area (Å²) in [7, 11) is 0. The quantitative estimate of drug-likeness (QED) is 0.840. The van der Waals surface area contributed by atoms with Gasteiger partial charge in [0, 0.05) is 48.6 Å². The summed E-state index contributed by atoms with van der Waals surface area (Å²) in [5.74, 6) is 0.283. The van der Waals surface area contributed by atoms with Crippen molar-refractivity contribution in [2.75, 3.05) is 18.0 Å². The van der Waals surface area contributed by atoms with Gasteiger partial charge in [0.2, 0.25) is 0 Å². The molecule has 0 spiro atoms. The normalized spacial score (nSPS) is 24.2. The summed E-state index contributed by atoms with van der Waals surface area (Å²) in [5, 5.41) is 0. The maximum absolute atomic E-state index is 13.9. The molecule has 0 aliphatic carbocycles. The summed E-state index contributed by atoms with van der Waals surface area (Å²) in [6.45, 7) is 2.72. The molecule has 5 heterocycles. The van der Waals surface area contributed by atoms with Crippen LogP contribution in [-0.4, -0.2) is 40.0 Å². The summed E-state index contributed by atoms with van der Waals surface area (Å²) >= 11 is 3.40. The summed E-state index contributed by atoms with van der Waals surface area (Å²) in [6, 6.07) is 7.90. The standard InChI is InChI=1S/C16H16BrFN4/c17-11-3-4-12(20-7-11)8-21-9-13-6-14(10-21)22(13)16-15(18)2-1-5-19-16/h1-5,7,13-14H,6,8-10H2. The van der Waals surface area contributed by atoms with Gasteiger partial charge in [-0.25, -0.2) is 9.37 Å². The minimum Gasteiger partial charge on any atom is -0.345 e. The van der Waals surface area contributed by atoms with Gasteiger partial charge in [0.1, 0.15) is 0 Å². The zero-order valence-electron chi connectivity index (χ0n) is 12.0. The molecule has 0 saturated carbocycles. The highest BCUT2D eigenvalue weighted by molar-refractivity contribution is 9.10. The van der Waals surface area contributed by atoms with Crippen LogP contribution < -0.4 is 4.90 Å². The number of halogens is 2. The van der Waals surface area contributed by atoms with E-state index in [1.165, 1.54) is 6.07 Å². The summed E-state index contributed by atoms with van der Waals surface area (Å²) < 4.78 is 14.9. The first-order valence-corrected chi connectivity index (χ1v) is 8.21. The minimum atomic E-state index is -0.222. The lowest BCUT2D eigenvalue weighted by Gasteiger charge is -2.57. The smallest absolute Gasteiger partial charge is 0.165 e. The van der Waals surface area contributed by atoms with Crippen LogP contribution in [0.3, 0.4) is 0 Å². The number of pyridine rings is 2. The van der Waals surface area contributed by atoms with Crippen molar-refractivity contribution in [1.82, 2.24) is 14.9 Å². The average Bonchev–Trinajstić information content (AvgIpc) is 2.52. The fourth-order valence-corrected chi connectivity index (χ4v) is 3.70. The predicted molar refractivity (Wildman–Crippen MR) is 86.1 cm³/mol. The van der Waals surface area contributed by atoms with Gasteiger partial charge in [0.15, 0.2) is 11.6 Å². The Morgan fingerprint density at radius 3 is 2.68 bits per heavy atom. The second-order valence-corrected chi connectivity index (χ2v) is 6.84. The van der Waals surface area contributed by atoms with Crippen LogP contribution in [0.25, 0.3) is 0 Å². The van der Waals surface area contributed by atoms with E-state index in [0.717, 1.165) is 36.2 Å². The molecule has 2 bridgehead atoms. The highest BCUT2D eigenvalue weighted by Crippen LogP contribution is 2.37. The van der Waals surface area contributed by atoms with Crippen molar-refractivity contribution < 1.29 is 4.39 Å². The van der Waals surface area contributed by atoms with Crippen molar-refractivity contribution in [3.63, 3.8) is 0 Å². The molecule has 3 saturated heterocycles. The Balaban J connectivity index is 1.44. The number of anilines is 1. The van der Waals surface area contributed by atoms with Crippen molar-refractivity contribution in [2.24, 2.45) is 0 Å². The molecule has 0 amide bonds. The fraction of sp³-hybridized carbons (Fsp3) is 0.375. The first kappa shape index (κ1) is 14.1. The first-order chi connectivity index (χ1) is 10.7.